The Morgan fingerprint density at radius 3 is 2.52 bits per heavy atom. The van der Waals surface area contributed by atoms with Crippen LogP contribution in [-0.4, -0.2) is 41.5 Å². The molecule has 3 saturated carbocycles. The smallest absolute Gasteiger partial charge is 0.239 e. The number of nitrogens with two attached hydrogens (primary N) is 1. The molecule has 1 aliphatic heterocycles. The number of nitrogens with zero attached hydrogens (tertiary/aromatic N) is 1. The van der Waals surface area contributed by atoms with E-state index in [-0.39, 0.29) is 5.91 Å². The molecule has 4 aliphatic rings. The van der Waals surface area contributed by atoms with Crippen molar-refractivity contribution < 1.29 is 4.79 Å². The van der Waals surface area contributed by atoms with Crippen molar-refractivity contribution in [1.29, 1.82) is 0 Å². The van der Waals surface area contributed by atoms with Crippen molar-refractivity contribution in [1.82, 2.24) is 10.2 Å². The van der Waals surface area contributed by atoms with E-state index in [0.717, 1.165) is 25.0 Å². The molecule has 3 unspecified atom stereocenters. The lowest BCUT2D eigenvalue weighted by molar-refractivity contribution is -0.127. The zero-order valence-electron chi connectivity index (χ0n) is 13.0. The second-order valence-corrected chi connectivity index (χ2v) is 7.90. The first-order chi connectivity index (χ1) is 10.2. The van der Waals surface area contributed by atoms with Crippen molar-refractivity contribution in [3.8, 4) is 0 Å². The lowest BCUT2D eigenvalue weighted by Gasteiger charge is -2.44. The summed E-state index contributed by atoms with van der Waals surface area (Å²) in [6, 6.07) is 1.26. The van der Waals surface area contributed by atoms with Gasteiger partial charge < -0.3 is 5.73 Å². The van der Waals surface area contributed by atoms with Crippen molar-refractivity contribution >= 4 is 5.91 Å². The van der Waals surface area contributed by atoms with E-state index in [2.05, 4.69) is 10.2 Å². The molecule has 3 N–H and O–H groups in total. The highest BCUT2D eigenvalue weighted by molar-refractivity contribution is 5.86. The number of likely N-dealkylation sites (tertiary alicyclic amines) is 1. The van der Waals surface area contributed by atoms with Crippen molar-refractivity contribution in [3.05, 3.63) is 0 Å². The summed E-state index contributed by atoms with van der Waals surface area (Å²) in [6.45, 7) is 2.03. The van der Waals surface area contributed by atoms with Gasteiger partial charge in [-0.15, -0.1) is 0 Å². The molecule has 1 amide bonds. The van der Waals surface area contributed by atoms with Gasteiger partial charge in [-0.2, -0.15) is 0 Å². The Bertz CT molecular complexity index is 418. The van der Waals surface area contributed by atoms with Crippen LogP contribution in [0.15, 0.2) is 0 Å². The molecule has 1 heterocycles. The fourth-order valence-electron chi connectivity index (χ4n) is 4.88. The van der Waals surface area contributed by atoms with E-state index < -0.39 is 5.54 Å². The van der Waals surface area contributed by atoms with E-state index in [0.29, 0.717) is 12.0 Å². The fourth-order valence-corrected chi connectivity index (χ4v) is 4.88. The largest absolute Gasteiger partial charge is 0.368 e. The standard InChI is InChI=1S/C17H29N3O/c18-16(21)17(13-6-7-13,19-14-8-9-14)11-20-10-2-4-12-3-1-5-15(12)20/h12-15,19H,1-11H2,(H2,18,21). The molecule has 0 aromatic rings. The SMILES string of the molecule is NC(=O)C(CN1CCCC2CCCC21)(NC1CC1)C1CC1. The molecule has 0 aromatic heterocycles. The van der Waals surface area contributed by atoms with Crippen LogP contribution in [0, 0.1) is 11.8 Å². The van der Waals surface area contributed by atoms with Crippen LogP contribution in [0.5, 0.6) is 0 Å². The zero-order chi connectivity index (χ0) is 14.4. The number of piperidine rings is 1. The van der Waals surface area contributed by atoms with Crippen LogP contribution in [0.25, 0.3) is 0 Å². The zero-order valence-corrected chi connectivity index (χ0v) is 13.0. The Morgan fingerprint density at radius 1 is 1.10 bits per heavy atom. The van der Waals surface area contributed by atoms with Gasteiger partial charge in [-0.1, -0.05) is 6.42 Å². The highest BCUT2D eigenvalue weighted by Gasteiger charge is 2.53. The Hall–Kier alpha value is -0.610. The fraction of sp³-hybridized carbons (Fsp3) is 0.941. The molecule has 0 bridgehead atoms. The lowest BCUT2D eigenvalue weighted by Crippen LogP contribution is -2.65. The van der Waals surface area contributed by atoms with Gasteiger partial charge in [-0.05, 0) is 69.7 Å². The molecule has 1 saturated heterocycles. The minimum atomic E-state index is -0.439. The third kappa shape index (κ3) is 2.61. The predicted octanol–water partition coefficient (Wildman–Crippen LogP) is 1.64. The first-order valence-corrected chi connectivity index (χ1v) is 9.01. The minimum Gasteiger partial charge on any atom is -0.368 e. The molecule has 0 aromatic carbocycles. The van der Waals surface area contributed by atoms with Crippen molar-refractivity contribution in [2.75, 3.05) is 13.1 Å². The molecule has 118 valence electrons. The van der Waals surface area contributed by atoms with Gasteiger partial charge in [0.1, 0.15) is 5.54 Å². The number of primary amides is 1. The molecule has 21 heavy (non-hydrogen) atoms. The number of hydrogen-bond donors (Lipinski definition) is 2. The number of rotatable bonds is 6. The summed E-state index contributed by atoms with van der Waals surface area (Å²) >= 11 is 0. The molecule has 0 radical (unpaired) electrons. The number of nitrogens with one attached hydrogen (secondary N) is 1. The monoisotopic (exact) mass is 291 g/mol. The van der Waals surface area contributed by atoms with Crippen molar-refractivity contribution in [3.63, 3.8) is 0 Å². The number of fused-ring (bicyclic) bond motifs is 1. The second kappa shape index (κ2) is 5.24. The third-order valence-electron chi connectivity index (χ3n) is 6.31. The number of amides is 1. The van der Waals surface area contributed by atoms with Gasteiger partial charge in [-0.25, -0.2) is 0 Å². The number of carbonyl (C=O) groups excluding carboxylic acids is 1. The van der Waals surface area contributed by atoms with Gasteiger partial charge in [0.15, 0.2) is 0 Å². The highest BCUT2D eigenvalue weighted by Crippen LogP contribution is 2.44. The van der Waals surface area contributed by atoms with Crippen LogP contribution < -0.4 is 11.1 Å². The maximum Gasteiger partial charge on any atom is 0.239 e. The summed E-state index contributed by atoms with van der Waals surface area (Å²) in [5.74, 6) is 1.26. The van der Waals surface area contributed by atoms with Crippen molar-refractivity contribution in [2.45, 2.75) is 75.4 Å². The van der Waals surface area contributed by atoms with E-state index >= 15 is 0 Å². The topological polar surface area (TPSA) is 58.4 Å². The molecular weight excluding hydrogens is 262 g/mol. The molecule has 4 rings (SSSR count). The molecule has 0 spiro atoms. The summed E-state index contributed by atoms with van der Waals surface area (Å²) in [5, 5.41) is 3.68. The van der Waals surface area contributed by atoms with Gasteiger partial charge in [0, 0.05) is 18.6 Å². The number of hydrogen-bond acceptors (Lipinski definition) is 3. The quantitative estimate of drug-likeness (QED) is 0.782. The van der Waals surface area contributed by atoms with E-state index in [9.17, 15) is 4.79 Å². The van der Waals surface area contributed by atoms with Crippen LogP contribution >= 0.6 is 0 Å². The van der Waals surface area contributed by atoms with Crippen LogP contribution in [0.4, 0.5) is 0 Å². The molecule has 3 aliphatic carbocycles. The summed E-state index contributed by atoms with van der Waals surface area (Å²) in [7, 11) is 0. The molecule has 4 nitrogen and oxygen atoms in total. The summed E-state index contributed by atoms with van der Waals surface area (Å²) in [6.07, 6.45) is 11.6. The van der Waals surface area contributed by atoms with Crippen LogP contribution in [-0.2, 0) is 4.79 Å². The van der Waals surface area contributed by atoms with E-state index in [1.165, 1.54) is 57.8 Å². The summed E-state index contributed by atoms with van der Waals surface area (Å²) in [5.41, 5.74) is 5.48. The van der Waals surface area contributed by atoms with Crippen LogP contribution in [0.2, 0.25) is 0 Å². The highest BCUT2D eigenvalue weighted by atomic mass is 16.1. The minimum absolute atomic E-state index is 0.1000. The first-order valence-electron chi connectivity index (χ1n) is 9.01. The molecule has 4 fully saturated rings. The first kappa shape index (κ1) is 14.0. The summed E-state index contributed by atoms with van der Waals surface area (Å²) < 4.78 is 0. The van der Waals surface area contributed by atoms with Gasteiger partial charge >= 0.3 is 0 Å². The lowest BCUT2D eigenvalue weighted by atomic mass is 9.86. The van der Waals surface area contributed by atoms with Gasteiger partial charge in [0.05, 0.1) is 0 Å². The molecule has 4 heteroatoms. The number of carbonyl (C=O) groups is 1. The Balaban J connectivity index is 1.53. The Labute approximate surface area is 127 Å². The van der Waals surface area contributed by atoms with Gasteiger partial charge in [0.25, 0.3) is 0 Å². The normalized spacial score (nSPS) is 36.2. The second-order valence-electron chi connectivity index (χ2n) is 7.90. The Kier molecular flexibility index (Phi) is 3.49. The molecule has 3 atom stereocenters. The van der Waals surface area contributed by atoms with Crippen LogP contribution in [0.1, 0.15) is 57.8 Å². The van der Waals surface area contributed by atoms with Crippen LogP contribution in [0.3, 0.4) is 0 Å². The average molecular weight is 291 g/mol. The Morgan fingerprint density at radius 2 is 1.86 bits per heavy atom. The third-order valence-corrected chi connectivity index (χ3v) is 6.31. The maximum atomic E-state index is 12.4. The van der Waals surface area contributed by atoms with Gasteiger partial charge in [-0.3, -0.25) is 15.0 Å². The average Bonchev–Trinajstić information content (AvgIpc) is 3.37. The molecular formula is C17H29N3O. The van der Waals surface area contributed by atoms with E-state index in [1.54, 1.807) is 0 Å². The van der Waals surface area contributed by atoms with E-state index in [4.69, 9.17) is 5.73 Å². The van der Waals surface area contributed by atoms with Crippen molar-refractivity contribution in [2.24, 2.45) is 17.6 Å². The van der Waals surface area contributed by atoms with E-state index in [1.807, 2.05) is 0 Å². The maximum absolute atomic E-state index is 12.4. The van der Waals surface area contributed by atoms with Gasteiger partial charge in [0.2, 0.25) is 5.91 Å². The predicted molar refractivity (Wildman–Crippen MR) is 82.7 cm³/mol. The summed E-state index contributed by atoms with van der Waals surface area (Å²) in [4.78, 5) is 15.0.